The molecule has 1 aliphatic rings. The number of fused-ring (bicyclic) bond motifs is 1. The van der Waals surface area contributed by atoms with Crippen LogP contribution in [0.25, 0.3) is 10.9 Å². The molecule has 2 aromatic rings. The minimum atomic E-state index is -0.000136. The predicted octanol–water partition coefficient (Wildman–Crippen LogP) is 3.82. The Labute approximate surface area is 144 Å². The fourth-order valence-electron chi connectivity index (χ4n) is 4.35. The summed E-state index contributed by atoms with van der Waals surface area (Å²) >= 11 is 0. The average molecular weight is 327 g/mol. The van der Waals surface area contributed by atoms with Gasteiger partial charge in [0.2, 0.25) is 0 Å². The maximum Gasteiger partial charge on any atom is 0.268 e. The van der Waals surface area contributed by atoms with Crippen LogP contribution in [0, 0.1) is 13.8 Å². The normalized spacial score (nSPS) is 20.2. The Morgan fingerprint density at radius 2 is 1.75 bits per heavy atom. The van der Waals surface area contributed by atoms with Gasteiger partial charge in [-0.1, -0.05) is 11.6 Å². The van der Waals surface area contributed by atoms with Gasteiger partial charge in [0.05, 0.1) is 0 Å². The first kappa shape index (κ1) is 17.0. The van der Waals surface area contributed by atoms with Crippen molar-refractivity contribution >= 4 is 16.8 Å². The quantitative estimate of drug-likeness (QED) is 0.785. The van der Waals surface area contributed by atoms with Crippen LogP contribution in [0.5, 0.6) is 0 Å². The number of nitrogens with one attached hydrogen (secondary N) is 3. The molecule has 0 unspecified atom stereocenters. The van der Waals surface area contributed by atoms with Crippen LogP contribution in [0.3, 0.4) is 0 Å². The third-order valence-electron chi connectivity index (χ3n) is 4.97. The van der Waals surface area contributed by atoms with Crippen molar-refractivity contribution < 1.29 is 4.79 Å². The van der Waals surface area contributed by atoms with E-state index in [0.29, 0.717) is 5.69 Å². The van der Waals surface area contributed by atoms with E-state index < -0.39 is 0 Å². The zero-order valence-electron chi connectivity index (χ0n) is 15.6. The van der Waals surface area contributed by atoms with E-state index in [1.165, 1.54) is 5.56 Å². The first-order valence-electron chi connectivity index (χ1n) is 8.75. The Morgan fingerprint density at radius 1 is 1.12 bits per heavy atom. The Kier molecular flexibility index (Phi) is 3.99. The molecule has 4 heteroatoms. The second kappa shape index (κ2) is 5.62. The zero-order chi connectivity index (χ0) is 17.7. The van der Waals surface area contributed by atoms with E-state index in [-0.39, 0.29) is 23.0 Å². The van der Waals surface area contributed by atoms with Gasteiger partial charge in [-0.3, -0.25) is 4.79 Å². The summed E-state index contributed by atoms with van der Waals surface area (Å²) in [5, 5.41) is 8.04. The third-order valence-corrected chi connectivity index (χ3v) is 4.97. The molecule has 4 nitrogen and oxygen atoms in total. The highest BCUT2D eigenvalue weighted by molar-refractivity contribution is 6.01. The van der Waals surface area contributed by atoms with Crippen molar-refractivity contribution in [1.82, 2.24) is 15.6 Å². The maximum absolute atomic E-state index is 12.8. The van der Waals surface area contributed by atoms with Crippen molar-refractivity contribution in [3.05, 3.63) is 35.0 Å². The summed E-state index contributed by atoms with van der Waals surface area (Å²) in [5.74, 6) is -0.000136. The molecule has 2 heterocycles. The van der Waals surface area contributed by atoms with E-state index in [9.17, 15) is 4.79 Å². The van der Waals surface area contributed by atoms with Crippen molar-refractivity contribution in [3.8, 4) is 0 Å². The van der Waals surface area contributed by atoms with Gasteiger partial charge in [-0.05, 0) is 72.1 Å². The number of aromatic nitrogens is 1. The van der Waals surface area contributed by atoms with Crippen molar-refractivity contribution in [2.75, 3.05) is 0 Å². The number of aryl methyl sites for hydroxylation is 2. The minimum absolute atomic E-state index is 0.000136. The fraction of sp³-hybridized carbons (Fsp3) is 0.550. The molecule has 0 radical (unpaired) electrons. The second-order valence-corrected chi connectivity index (χ2v) is 8.65. The number of hydrogen-bond donors (Lipinski definition) is 3. The molecule has 1 fully saturated rings. The van der Waals surface area contributed by atoms with Gasteiger partial charge in [0, 0.05) is 28.0 Å². The number of H-pyrrole nitrogens is 1. The zero-order valence-corrected chi connectivity index (χ0v) is 15.6. The molecule has 1 aliphatic heterocycles. The molecule has 1 saturated heterocycles. The van der Waals surface area contributed by atoms with E-state index in [4.69, 9.17) is 0 Å². The molecule has 24 heavy (non-hydrogen) atoms. The number of hydrogen-bond acceptors (Lipinski definition) is 2. The van der Waals surface area contributed by atoms with E-state index in [1.54, 1.807) is 0 Å². The van der Waals surface area contributed by atoms with Gasteiger partial charge in [0.1, 0.15) is 5.69 Å². The van der Waals surface area contributed by atoms with Crippen LogP contribution in [0.15, 0.2) is 18.2 Å². The van der Waals surface area contributed by atoms with Crippen LogP contribution in [0.4, 0.5) is 0 Å². The Balaban J connectivity index is 1.84. The number of carbonyl (C=O) groups excluding carboxylic acids is 1. The molecule has 0 aliphatic carbocycles. The molecular weight excluding hydrogens is 298 g/mol. The smallest absolute Gasteiger partial charge is 0.268 e. The largest absolute Gasteiger partial charge is 0.350 e. The van der Waals surface area contributed by atoms with Gasteiger partial charge >= 0.3 is 0 Å². The molecule has 0 spiro atoms. The van der Waals surface area contributed by atoms with Crippen LogP contribution in [0.1, 0.15) is 62.2 Å². The summed E-state index contributed by atoms with van der Waals surface area (Å²) in [5.41, 5.74) is 3.98. The lowest BCUT2D eigenvalue weighted by molar-refractivity contribution is 0.0868. The number of amides is 1. The lowest BCUT2D eigenvalue weighted by Crippen LogP contribution is -2.62. The van der Waals surface area contributed by atoms with Crippen molar-refractivity contribution in [2.24, 2.45) is 0 Å². The maximum atomic E-state index is 12.8. The molecule has 1 aromatic carbocycles. The van der Waals surface area contributed by atoms with E-state index in [2.05, 4.69) is 62.4 Å². The van der Waals surface area contributed by atoms with E-state index in [1.807, 2.05) is 13.0 Å². The molecule has 1 aromatic heterocycles. The van der Waals surface area contributed by atoms with Gasteiger partial charge in [-0.15, -0.1) is 0 Å². The Bertz CT molecular complexity index is 770. The molecular formula is C20H29N3O. The first-order chi connectivity index (χ1) is 11.1. The highest BCUT2D eigenvalue weighted by atomic mass is 16.2. The number of piperidine rings is 1. The summed E-state index contributed by atoms with van der Waals surface area (Å²) in [6.07, 6.45) is 1.86. The van der Waals surface area contributed by atoms with Crippen LogP contribution < -0.4 is 10.6 Å². The molecule has 0 saturated carbocycles. The van der Waals surface area contributed by atoms with Gasteiger partial charge in [-0.25, -0.2) is 0 Å². The molecule has 3 rings (SSSR count). The number of rotatable bonds is 2. The van der Waals surface area contributed by atoms with E-state index >= 15 is 0 Å². The summed E-state index contributed by atoms with van der Waals surface area (Å²) in [7, 11) is 0. The first-order valence-corrected chi connectivity index (χ1v) is 8.75. The van der Waals surface area contributed by atoms with Crippen molar-refractivity contribution in [3.63, 3.8) is 0 Å². The summed E-state index contributed by atoms with van der Waals surface area (Å²) < 4.78 is 0. The summed E-state index contributed by atoms with van der Waals surface area (Å²) in [6.45, 7) is 12.9. The van der Waals surface area contributed by atoms with Crippen molar-refractivity contribution in [2.45, 2.75) is 71.5 Å². The standard InChI is InChI=1S/C20H29N3O/c1-12-7-8-16-15(9-12)13(2)17(22-16)18(24)21-14-10-19(3,4)23-20(5,6)11-14/h7-9,14,22-23H,10-11H2,1-6H3,(H,21,24). The summed E-state index contributed by atoms with van der Waals surface area (Å²) in [4.78, 5) is 16.1. The lowest BCUT2D eigenvalue weighted by Gasteiger charge is -2.46. The van der Waals surface area contributed by atoms with E-state index in [0.717, 1.165) is 29.3 Å². The highest BCUT2D eigenvalue weighted by Crippen LogP contribution is 2.29. The van der Waals surface area contributed by atoms with Gasteiger partial charge in [0.15, 0.2) is 0 Å². The monoisotopic (exact) mass is 327 g/mol. The predicted molar refractivity (Wildman–Crippen MR) is 99.6 cm³/mol. The number of aromatic amines is 1. The van der Waals surface area contributed by atoms with Crippen LogP contribution in [0.2, 0.25) is 0 Å². The summed E-state index contributed by atoms with van der Waals surface area (Å²) in [6, 6.07) is 6.42. The minimum Gasteiger partial charge on any atom is -0.350 e. The molecule has 3 N–H and O–H groups in total. The topological polar surface area (TPSA) is 56.9 Å². The van der Waals surface area contributed by atoms with Crippen LogP contribution in [-0.2, 0) is 0 Å². The van der Waals surface area contributed by atoms with Crippen LogP contribution in [-0.4, -0.2) is 28.0 Å². The molecule has 1 amide bonds. The average Bonchev–Trinajstić information content (AvgIpc) is 2.72. The van der Waals surface area contributed by atoms with Crippen LogP contribution >= 0.6 is 0 Å². The Morgan fingerprint density at radius 3 is 2.38 bits per heavy atom. The molecule has 0 bridgehead atoms. The van der Waals surface area contributed by atoms with Gasteiger partial charge in [-0.2, -0.15) is 0 Å². The van der Waals surface area contributed by atoms with Gasteiger partial charge < -0.3 is 15.6 Å². The third kappa shape index (κ3) is 3.34. The van der Waals surface area contributed by atoms with Crippen molar-refractivity contribution in [1.29, 1.82) is 0 Å². The fourth-order valence-corrected chi connectivity index (χ4v) is 4.35. The van der Waals surface area contributed by atoms with Gasteiger partial charge in [0.25, 0.3) is 5.91 Å². The Hall–Kier alpha value is -1.81. The molecule has 130 valence electrons. The SMILES string of the molecule is Cc1ccc2[nH]c(C(=O)NC3CC(C)(C)NC(C)(C)C3)c(C)c2c1. The lowest BCUT2D eigenvalue weighted by atomic mass is 9.79. The number of benzene rings is 1. The second-order valence-electron chi connectivity index (χ2n) is 8.65. The molecule has 0 atom stereocenters. The highest BCUT2D eigenvalue weighted by Gasteiger charge is 2.38. The number of carbonyl (C=O) groups is 1.